The summed E-state index contributed by atoms with van der Waals surface area (Å²) in [7, 11) is 5.38. The van der Waals surface area contributed by atoms with Crippen molar-refractivity contribution in [1.29, 1.82) is 0 Å². The summed E-state index contributed by atoms with van der Waals surface area (Å²) in [6, 6.07) is 4.92. The number of rotatable bonds is 8. The predicted octanol–water partition coefficient (Wildman–Crippen LogP) is 6.00. The van der Waals surface area contributed by atoms with Gasteiger partial charge in [-0.3, -0.25) is 4.79 Å². The number of nitrogens with zero attached hydrogens (tertiary/aromatic N) is 6. The van der Waals surface area contributed by atoms with Gasteiger partial charge < -0.3 is 29.1 Å². The molecule has 9 nitrogen and oxygen atoms in total. The number of methoxy groups -OCH3 is 2. The van der Waals surface area contributed by atoms with Crippen molar-refractivity contribution in [3.8, 4) is 6.01 Å². The molecular weight excluding hydrogens is 609 g/mol. The highest BCUT2D eigenvalue weighted by molar-refractivity contribution is 5.87. The monoisotopic (exact) mass is 662 g/mol. The smallest absolute Gasteiger partial charge is 0.418 e. The van der Waals surface area contributed by atoms with Gasteiger partial charge in [0.05, 0.1) is 31.0 Å². The van der Waals surface area contributed by atoms with Gasteiger partial charge in [0.25, 0.3) is 0 Å². The molecule has 3 aliphatic rings. The quantitative estimate of drug-likeness (QED) is 0.319. The number of benzene rings is 1. The Hall–Kier alpha value is -3.38. The van der Waals surface area contributed by atoms with Gasteiger partial charge in [-0.05, 0) is 44.0 Å². The minimum atomic E-state index is -4.45. The van der Waals surface area contributed by atoms with Gasteiger partial charge in [0.15, 0.2) is 0 Å². The molecular formula is C35H53F3N6O3. The van der Waals surface area contributed by atoms with E-state index in [1.165, 1.54) is 57.5 Å². The van der Waals surface area contributed by atoms with Gasteiger partial charge in [-0.15, -0.1) is 0 Å². The predicted molar refractivity (Wildman–Crippen MR) is 181 cm³/mol. The van der Waals surface area contributed by atoms with Crippen molar-refractivity contribution in [3.05, 3.63) is 53.2 Å². The van der Waals surface area contributed by atoms with Gasteiger partial charge in [0, 0.05) is 64.2 Å². The first-order valence-corrected chi connectivity index (χ1v) is 16.8. The number of halogens is 3. The molecule has 1 aromatic carbocycles. The molecule has 5 rings (SSSR count). The third kappa shape index (κ3) is 10.3. The number of ether oxygens (including phenoxy) is 2. The van der Waals surface area contributed by atoms with Crippen molar-refractivity contribution in [2.75, 3.05) is 76.9 Å². The van der Waals surface area contributed by atoms with E-state index in [4.69, 9.17) is 9.47 Å². The lowest BCUT2D eigenvalue weighted by Gasteiger charge is -2.38. The Labute approximate surface area is 278 Å². The number of hydrogen-bond donors (Lipinski definition) is 0. The fraction of sp³-hybridized carbons (Fsp3) is 0.629. The number of anilines is 2. The standard InChI is InChI=1S/C24H28F3N5O2.C6H13NO.C5H12/c1-4-16-7-6-8-19(21(16)24(25,26)27)32-10-9-17-18(15-32)28-23(34-3)29-22(17)31-13-11-30(12-14-31)20(33)5-2;1-7-4-3-6(5-7)8-2;1-3-5-4-2/h5-8H,2,4,9-15H2,1,3H3;6H,3-5H2,1-2H3;3-5H2,1-2H3. The number of likely N-dealkylation sites (N-methyl/N-ethyl adjacent to an activating group) is 1. The van der Waals surface area contributed by atoms with Crippen LogP contribution in [0.3, 0.4) is 0 Å². The molecule has 2 fully saturated rings. The lowest BCUT2D eigenvalue weighted by molar-refractivity contribution is -0.137. The molecule has 3 aliphatic heterocycles. The third-order valence-electron chi connectivity index (χ3n) is 8.79. The molecule has 0 bridgehead atoms. The highest BCUT2D eigenvalue weighted by Gasteiger charge is 2.38. The highest BCUT2D eigenvalue weighted by Crippen LogP contribution is 2.41. The van der Waals surface area contributed by atoms with Crippen LogP contribution in [-0.2, 0) is 35.1 Å². The molecule has 2 saturated heterocycles. The summed E-state index contributed by atoms with van der Waals surface area (Å²) in [4.78, 5) is 28.8. The molecule has 262 valence electrons. The van der Waals surface area contributed by atoms with E-state index in [-0.39, 0.29) is 29.7 Å². The first-order chi connectivity index (χ1) is 22.5. The number of carbonyl (C=O) groups excluding carboxylic acids is 1. The lowest BCUT2D eigenvalue weighted by atomic mass is 9.98. The average molecular weight is 663 g/mol. The summed E-state index contributed by atoms with van der Waals surface area (Å²) >= 11 is 0. The van der Waals surface area contributed by atoms with E-state index in [1.54, 1.807) is 29.9 Å². The number of carbonyl (C=O) groups is 1. The molecule has 4 heterocycles. The van der Waals surface area contributed by atoms with Crippen LogP contribution in [0, 0.1) is 0 Å². The molecule has 12 heteroatoms. The molecule has 2 aromatic rings. The average Bonchev–Trinajstić information content (AvgIpc) is 3.52. The Morgan fingerprint density at radius 3 is 2.21 bits per heavy atom. The second kappa shape index (κ2) is 18.2. The van der Waals surface area contributed by atoms with E-state index in [0.29, 0.717) is 57.4 Å². The van der Waals surface area contributed by atoms with E-state index in [2.05, 4.69) is 47.2 Å². The van der Waals surface area contributed by atoms with E-state index in [1.807, 2.05) is 0 Å². The van der Waals surface area contributed by atoms with Gasteiger partial charge in [-0.1, -0.05) is 58.7 Å². The number of fused-ring (bicyclic) bond motifs is 1. The molecule has 1 atom stereocenters. The molecule has 0 aliphatic carbocycles. The summed E-state index contributed by atoms with van der Waals surface area (Å²) in [5.74, 6) is 0.623. The molecule has 0 radical (unpaired) electrons. The van der Waals surface area contributed by atoms with Gasteiger partial charge >= 0.3 is 12.2 Å². The van der Waals surface area contributed by atoms with Gasteiger partial charge in [0.2, 0.25) is 5.91 Å². The topological polar surface area (TPSA) is 74.3 Å². The van der Waals surface area contributed by atoms with E-state index in [9.17, 15) is 18.0 Å². The van der Waals surface area contributed by atoms with Crippen LogP contribution >= 0.6 is 0 Å². The Kier molecular flexibility index (Phi) is 14.8. The van der Waals surface area contributed by atoms with Gasteiger partial charge in [-0.25, -0.2) is 0 Å². The Morgan fingerprint density at radius 1 is 1.02 bits per heavy atom. The van der Waals surface area contributed by atoms with Crippen LogP contribution < -0.4 is 14.5 Å². The number of aromatic nitrogens is 2. The maximum Gasteiger partial charge on any atom is 0.418 e. The van der Waals surface area contributed by atoms with Crippen LogP contribution in [0.4, 0.5) is 24.7 Å². The van der Waals surface area contributed by atoms with Gasteiger partial charge in [0.1, 0.15) is 5.82 Å². The number of amides is 1. The fourth-order valence-electron chi connectivity index (χ4n) is 6.13. The summed E-state index contributed by atoms with van der Waals surface area (Å²) in [6.07, 6.45) is 3.45. The minimum absolute atomic E-state index is 0.104. The van der Waals surface area contributed by atoms with Crippen LogP contribution in [0.15, 0.2) is 30.9 Å². The number of hydrogen-bond acceptors (Lipinski definition) is 8. The number of aryl methyl sites for hydroxylation is 1. The van der Waals surface area contributed by atoms with Crippen LogP contribution in [0.2, 0.25) is 0 Å². The molecule has 0 saturated carbocycles. The minimum Gasteiger partial charge on any atom is -0.467 e. The second-order valence-electron chi connectivity index (χ2n) is 12.1. The van der Waals surface area contributed by atoms with Crippen molar-refractivity contribution >= 4 is 17.4 Å². The summed E-state index contributed by atoms with van der Waals surface area (Å²) in [6.45, 7) is 14.9. The molecule has 1 unspecified atom stereocenters. The number of alkyl halides is 3. The number of unbranched alkanes of at least 4 members (excludes halogenated alkanes) is 2. The van der Waals surface area contributed by atoms with Crippen molar-refractivity contribution in [3.63, 3.8) is 0 Å². The van der Waals surface area contributed by atoms with Crippen molar-refractivity contribution in [1.82, 2.24) is 19.8 Å². The second-order valence-corrected chi connectivity index (χ2v) is 12.1. The Balaban J connectivity index is 0.000000385. The largest absolute Gasteiger partial charge is 0.467 e. The highest BCUT2D eigenvalue weighted by atomic mass is 19.4. The molecule has 1 amide bonds. The number of piperazine rings is 1. The van der Waals surface area contributed by atoms with Crippen LogP contribution in [0.1, 0.15) is 68.8 Å². The van der Waals surface area contributed by atoms with E-state index in [0.717, 1.165) is 17.9 Å². The third-order valence-corrected chi connectivity index (χ3v) is 8.79. The molecule has 47 heavy (non-hydrogen) atoms. The van der Waals surface area contributed by atoms with Crippen molar-refractivity contribution < 1.29 is 27.4 Å². The van der Waals surface area contributed by atoms with E-state index < -0.39 is 11.7 Å². The Morgan fingerprint density at radius 2 is 1.72 bits per heavy atom. The zero-order valence-corrected chi connectivity index (χ0v) is 29.0. The normalized spacial score (nSPS) is 18.1. The lowest BCUT2D eigenvalue weighted by Crippen LogP contribution is -2.49. The maximum absolute atomic E-state index is 14.0. The first-order valence-electron chi connectivity index (χ1n) is 16.8. The zero-order chi connectivity index (χ0) is 34.6. The summed E-state index contributed by atoms with van der Waals surface area (Å²) < 4.78 is 52.4. The SMILES string of the molecule is C=CC(=O)N1CCN(c2nc(OC)nc3c2CCN(c2cccc(CC)c2C(F)(F)F)C3)CC1.CCCCC.COC1CCN(C)C1. The molecule has 0 spiro atoms. The fourth-order valence-corrected chi connectivity index (χ4v) is 6.13. The van der Waals surface area contributed by atoms with Crippen LogP contribution in [-0.4, -0.2) is 98.9 Å². The van der Waals surface area contributed by atoms with Crippen LogP contribution in [0.25, 0.3) is 0 Å². The molecule has 1 aromatic heterocycles. The number of likely N-dealkylation sites (tertiary alicyclic amines) is 1. The van der Waals surface area contributed by atoms with Crippen LogP contribution in [0.5, 0.6) is 6.01 Å². The first kappa shape index (κ1) is 38.1. The Bertz CT molecular complexity index is 1300. The summed E-state index contributed by atoms with van der Waals surface area (Å²) in [5.41, 5.74) is 1.45. The summed E-state index contributed by atoms with van der Waals surface area (Å²) in [5, 5.41) is 0. The maximum atomic E-state index is 14.0. The van der Waals surface area contributed by atoms with Crippen molar-refractivity contribution in [2.45, 2.75) is 78.1 Å². The van der Waals surface area contributed by atoms with Gasteiger partial charge in [-0.2, -0.15) is 23.1 Å². The molecule has 0 N–H and O–H groups in total. The van der Waals surface area contributed by atoms with Crippen molar-refractivity contribution in [2.24, 2.45) is 0 Å². The van der Waals surface area contributed by atoms with E-state index >= 15 is 0 Å². The zero-order valence-electron chi connectivity index (χ0n) is 29.0.